The molecule has 0 bridgehead atoms. The first-order valence-corrected chi connectivity index (χ1v) is 13.4. The molecule has 3 aromatic carbocycles. The highest BCUT2D eigenvalue weighted by Crippen LogP contribution is 2.33. The maximum atomic E-state index is 12.8. The molecule has 1 saturated heterocycles. The molecule has 0 aromatic heterocycles. The number of benzene rings is 3. The molecule has 39 heavy (non-hydrogen) atoms. The SMILES string of the molecule is COc1cccc(/C=C2/SC(=S)N(CCCC(=O)NNC(=O)c3ccc(OCc4ccccc4)cc3)C2=O)c1. The van der Waals surface area contributed by atoms with Crippen molar-refractivity contribution >= 4 is 52.1 Å². The van der Waals surface area contributed by atoms with Gasteiger partial charge in [-0.2, -0.15) is 0 Å². The first-order valence-electron chi connectivity index (χ1n) is 12.2. The minimum atomic E-state index is -0.447. The number of nitrogens with zero attached hydrogens (tertiary/aromatic N) is 1. The van der Waals surface area contributed by atoms with Gasteiger partial charge in [0.1, 0.15) is 22.4 Å². The second-order valence-corrected chi connectivity index (χ2v) is 10.2. The van der Waals surface area contributed by atoms with Crippen molar-refractivity contribution in [1.29, 1.82) is 0 Å². The Kier molecular flexibility index (Phi) is 9.71. The van der Waals surface area contributed by atoms with Crippen LogP contribution in [-0.4, -0.2) is 40.6 Å². The highest BCUT2D eigenvalue weighted by atomic mass is 32.2. The van der Waals surface area contributed by atoms with E-state index in [1.54, 1.807) is 37.5 Å². The van der Waals surface area contributed by atoms with Crippen molar-refractivity contribution < 1.29 is 23.9 Å². The van der Waals surface area contributed by atoms with Crippen LogP contribution in [0.2, 0.25) is 0 Å². The van der Waals surface area contributed by atoms with Gasteiger partial charge in [-0.25, -0.2) is 0 Å². The van der Waals surface area contributed by atoms with Crippen molar-refractivity contribution in [3.05, 3.63) is 100 Å². The molecule has 0 aliphatic carbocycles. The van der Waals surface area contributed by atoms with Crippen molar-refractivity contribution in [1.82, 2.24) is 15.8 Å². The van der Waals surface area contributed by atoms with Crippen molar-refractivity contribution in [3.63, 3.8) is 0 Å². The van der Waals surface area contributed by atoms with Gasteiger partial charge in [0.05, 0.1) is 12.0 Å². The summed E-state index contributed by atoms with van der Waals surface area (Å²) in [5.74, 6) is 0.314. The Morgan fingerprint density at radius 1 is 0.974 bits per heavy atom. The second-order valence-electron chi connectivity index (χ2n) is 8.51. The number of hydrogen-bond acceptors (Lipinski definition) is 7. The zero-order chi connectivity index (χ0) is 27.6. The molecule has 1 fully saturated rings. The van der Waals surface area contributed by atoms with Crippen molar-refractivity contribution in [2.45, 2.75) is 19.4 Å². The third kappa shape index (κ3) is 7.92. The third-order valence-electron chi connectivity index (χ3n) is 5.73. The fourth-order valence-corrected chi connectivity index (χ4v) is 4.99. The molecule has 0 saturated carbocycles. The molecule has 8 nitrogen and oxygen atoms in total. The van der Waals surface area contributed by atoms with E-state index in [1.165, 1.54) is 16.7 Å². The van der Waals surface area contributed by atoms with Crippen LogP contribution in [0, 0.1) is 0 Å². The molecule has 0 unspecified atom stereocenters. The normalized spacial score (nSPS) is 13.9. The van der Waals surface area contributed by atoms with Gasteiger partial charge in [0, 0.05) is 18.5 Å². The Morgan fingerprint density at radius 2 is 1.74 bits per heavy atom. The predicted octanol–water partition coefficient (Wildman–Crippen LogP) is 4.72. The van der Waals surface area contributed by atoms with E-state index in [0.717, 1.165) is 11.1 Å². The summed E-state index contributed by atoms with van der Waals surface area (Å²) in [7, 11) is 1.58. The Hall–Kier alpha value is -4.15. The molecule has 1 aliphatic rings. The number of rotatable bonds is 10. The summed E-state index contributed by atoms with van der Waals surface area (Å²) >= 11 is 6.59. The Morgan fingerprint density at radius 3 is 2.49 bits per heavy atom. The average molecular weight is 562 g/mol. The molecule has 10 heteroatoms. The van der Waals surface area contributed by atoms with Gasteiger partial charge in [0.25, 0.3) is 11.8 Å². The third-order valence-corrected chi connectivity index (χ3v) is 7.11. The number of hydrazine groups is 1. The lowest BCUT2D eigenvalue weighted by Gasteiger charge is -2.14. The van der Waals surface area contributed by atoms with E-state index in [9.17, 15) is 14.4 Å². The van der Waals surface area contributed by atoms with Gasteiger partial charge in [0.15, 0.2) is 0 Å². The summed E-state index contributed by atoms with van der Waals surface area (Å²) in [6, 6.07) is 23.8. The smallest absolute Gasteiger partial charge is 0.269 e. The Balaban J connectivity index is 1.19. The molecule has 1 aliphatic heterocycles. The lowest BCUT2D eigenvalue weighted by atomic mass is 10.2. The molecule has 3 amide bonds. The maximum absolute atomic E-state index is 12.8. The van der Waals surface area contributed by atoms with E-state index >= 15 is 0 Å². The number of thiocarbonyl (C=S) groups is 1. The van der Waals surface area contributed by atoms with E-state index < -0.39 is 5.91 Å². The molecule has 4 rings (SSSR count). The summed E-state index contributed by atoms with van der Waals surface area (Å²) in [4.78, 5) is 39.4. The molecule has 2 N–H and O–H groups in total. The van der Waals surface area contributed by atoms with Gasteiger partial charge in [-0.3, -0.25) is 30.1 Å². The van der Waals surface area contributed by atoms with E-state index in [1.807, 2.05) is 54.6 Å². The van der Waals surface area contributed by atoms with Crippen LogP contribution < -0.4 is 20.3 Å². The second kappa shape index (κ2) is 13.6. The number of ether oxygens (including phenoxy) is 2. The van der Waals surface area contributed by atoms with Gasteiger partial charge < -0.3 is 9.47 Å². The molecule has 0 spiro atoms. The van der Waals surface area contributed by atoms with E-state index in [-0.39, 0.29) is 18.2 Å². The zero-order valence-electron chi connectivity index (χ0n) is 21.2. The van der Waals surface area contributed by atoms with Gasteiger partial charge in [-0.05, 0) is 60.0 Å². The topological polar surface area (TPSA) is 97.0 Å². The summed E-state index contributed by atoms with van der Waals surface area (Å²) < 4.78 is 11.4. The van der Waals surface area contributed by atoms with Crippen LogP contribution >= 0.6 is 24.0 Å². The molecule has 200 valence electrons. The van der Waals surface area contributed by atoms with Crippen molar-refractivity contribution in [2.24, 2.45) is 0 Å². The van der Waals surface area contributed by atoms with Crippen molar-refractivity contribution in [2.75, 3.05) is 13.7 Å². The largest absolute Gasteiger partial charge is 0.497 e. The molecular formula is C29H27N3O5S2. The highest BCUT2D eigenvalue weighted by molar-refractivity contribution is 8.26. The van der Waals surface area contributed by atoms with Gasteiger partial charge in [0.2, 0.25) is 5.91 Å². The summed E-state index contributed by atoms with van der Waals surface area (Å²) in [6.07, 6.45) is 2.26. The number of methoxy groups -OCH3 is 1. The zero-order valence-corrected chi connectivity index (χ0v) is 22.8. The number of hydrogen-bond donors (Lipinski definition) is 2. The monoisotopic (exact) mass is 561 g/mol. The lowest BCUT2D eigenvalue weighted by molar-refractivity contribution is -0.124. The quantitative estimate of drug-likeness (QED) is 0.210. The fraction of sp³-hybridized carbons (Fsp3) is 0.172. The summed E-state index contributed by atoms with van der Waals surface area (Å²) in [5, 5.41) is 0. The lowest BCUT2D eigenvalue weighted by Crippen LogP contribution is -2.41. The van der Waals surface area contributed by atoms with Crippen LogP contribution in [0.4, 0.5) is 0 Å². The molecule has 0 radical (unpaired) electrons. The van der Waals surface area contributed by atoms with Crippen LogP contribution in [0.15, 0.2) is 83.8 Å². The predicted molar refractivity (Wildman–Crippen MR) is 155 cm³/mol. The molecule has 3 aromatic rings. The van der Waals surface area contributed by atoms with E-state index in [0.29, 0.717) is 45.9 Å². The van der Waals surface area contributed by atoms with Crippen LogP contribution in [0.3, 0.4) is 0 Å². The first kappa shape index (κ1) is 27.9. The minimum absolute atomic E-state index is 0.110. The van der Waals surface area contributed by atoms with Crippen LogP contribution in [0.5, 0.6) is 11.5 Å². The van der Waals surface area contributed by atoms with Gasteiger partial charge in [-0.15, -0.1) is 0 Å². The van der Waals surface area contributed by atoms with E-state index in [4.69, 9.17) is 21.7 Å². The highest BCUT2D eigenvalue weighted by Gasteiger charge is 2.31. The Bertz CT molecular complexity index is 1380. The average Bonchev–Trinajstić information content (AvgIpc) is 3.23. The van der Waals surface area contributed by atoms with Crippen molar-refractivity contribution in [3.8, 4) is 11.5 Å². The van der Waals surface area contributed by atoms with Crippen LogP contribution in [-0.2, 0) is 16.2 Å². The molecule has 1 heterocycles. The number of carbonyl (C=O) groups excluding carboxylic acids is 3. The summed E-state index contributed by atoms with van der Waals surface area (Å²) in [6.45, 7) is 0.723. The van der Waals surface area contributed by atoms with Gasteiger partial charge >= 0.3 is 0 Å². The molecule has 0 atom stereocenters. The van der Waals surface area contributed by atoms with Gasteiger partial charge in [-0.1, -0.05) is 66.4 Å². The van der Waals surface area contributed by atoms with Crippen LogP contribution in [0.25, 0.3) is 6.08 Å². The maximum Gasteiger partial charge on any atom is 0.269 e. The first-order chi connectivity index (χ1) is 18.9. The summed E-state index contributed by atoms with van der Waals surface area (Å²) in [5.41, 5.74) is 7.07. The number of nitrogens with one attached hydrogen (secondary N) is 2. The number of amides is 3. The Labute approximate surface area is 236 Å². The molecular weight excluding hydrogens is 534 g/mol. The number of carbonyl (C=O) groups is 3. The van der Waals surface area contributed by atoms with E-state index in [2.05, 4.69) is 10.9 Å². The van der Waals surface area contributed by atoms with Crippen LogP contribution in [0.1, 0.15) is 34.3 Å². The number of thioether (sulfide) groups is 1. The minimum Gasteiger partial charge on any atom is -0.497 e. The fourth-order valence-electron chi connectivity index (χ4n) is 3.68. The standard InChI is InChI=1S/C29H27N3O5S2/c1-36-24-10-5-9-21(17-24)18-25-28(35)32(29(38)39-25)16-6-11-26(33)30-31-27(34)22-12-14-23(15-13-22)37-19-20-7-3-2-4-8-20/h2-5,7-10,12-15,17-18H,6,11,16,19H2,1H3,(H,30,33)(H,31,34)/b25-18+.